The lowest BCUT2D eigenvalue weighted by molar-refractivity contribution is 0.0948. The van der Waals surface area contributed by atoms with Gasteiger partial charge in [-0.15, -0.1) is 0 Å². The van der Waals surface area contributed by atoms with Crippen LogP contribution in [0.4, 0.5) is 0 Å². The average Bonchev–Trinajstić information content (AvgIpc) is 2.88. The molecule has 0 radical (unpaired) electrons. The molecule has 2 N–H and O–H groups in total. The molecule has 0 saturated carbocycles. The standard InChI is InChI=1S/C13H16N4O/c1-2-11-12(17-9-16-11)13(18)15-8-6-10-5-3-4-7-14-10/h3-5,7,9H,2,6,8H2,1H3,(H,15,18)(H,16,17). The Hall–Kier alpha value is -2.17. The Morgan fingerprint density at radius 3 is 3.00 bits per heavy atom. The Labute approximate surface area is 106 Å². The first kappa shape index (κ1) is 12.3. The summed E-state index contributed by atoms with van der Waals surface area (Å²) in [4.78, 5) is 23.1. The van der Waals surface area contributed by atoms with Gasteiger partial charge in [0.15, 0.2) is 0 Å². The van der Waals surface area contributed by atoms with Gasteiger partial charge in [0.05, 0.1) is 6.33 Å². The Kier molecular flexibility index (Phi) is 4.06. The summed E-state index contributed by atoms with van der Waals surface area (Å²) < 4.78 is 0. The number of aryl methyl sites for hydroxylation is 1. The predicted molar refractivity (Wildman–Crippen MR) is 68.2 cm³/mol. The number of aromatic amines is 1. The lowest BCUT2D eigenvalue weighted by atomic mass is 10.2. The van der Waals surface area contributed by atoms with Crippen LogP contribution in [0.3, 0.4) is 0 Å². The Bertz CT molecular complexity index is 507. The zero-order chi connectivity index (χ0) is 12.8. The van der Waals surface area contributed by atoms with Crippen molar-refractivity contribution in [2.75, 3.05) is 6.54 Å². The summed E-state index contributed by atoms with van der Waals surface area (Å²) in [6, 6.07) is 5.75. The van der Waals surface area contributed by atoms with Crippen molar-refractivity contribution in [2.24, 2.45) is 0 Å². The monoisotopic (exact) mass is 244 g/mol. The SMILES string of the molecule is CCc1[nH]cnc1C(=O)NCCc1ccccn1. The summed E-state index contributed by atoms with van der Waals surface area (Å²) in [5.74, 6) is -0.135. The third-order valence-corrected chi connectivity index (χ3v) is 2.68. The number of H-pyrrole nitrogens is 1. The smallest absolute Gasteiger partial charge is 0.271 e. The molecular formula is C13H16N4O. The van der Waals surface area contributed by atoms with Crippen molar-refractivity contribution in [3.8, 4) is 0 Å². The van der Waals surface area contributed by atoms with E-state index in [0.29, 0.717) is 12.2 Å². The van der Waals surface area contributed by atoms with Gasteiger partial charge in [0.25, 0.3) is 5.91 Å². The van der Waals surface area contributed by atoms with Gasteiger partial charge >= 0.3 is 0 Å². The molecule has 18 heavy (non-hydrogen) atoms. The van der Waals surface area contributed by atoms with Crippen LogP contribution < -0.4 is 5.32 Å². The molecule has 2 aromatic heterocycles. The van der Waals surface area contributed by atoms with E-state index < -0.39 is 0 Å². The number of imidazole rings is 1. The van der Waals surface area contributed by atoms with Gasteiger partial charge in [-0.25, -0.2) is 4.98 Å². The molecular weight excluding hydrogens is 228 g/mol. The van der Waals surface area contributed by atoms with Crippen molar-refractivity contribution in [1.82, 2.24) is 20.3 Å². The molecule has 1 amide bonds. The van der Waals surface area contributed by atoms with Gasteiger partial charge < -0.3 is 10.3 Å². The molecule has 0 aliphatic carbocycles. The van der Waals surface area contributed by atoms with Gasteiger partial charge in [0.1, 0.15) is 5.69 Å². The topological polar surface area (TPSA) is 70.7 Å². The molecule has 0 saturated heterocycles. The first-order valence-corrected chi connectivity index (χ1v) is 6.01. The first-order chi connectivity index (χ1) is 8.81. The summed E-state index contributed by atoms with van der Waals surface area (Å²) in [5, 5.41) is 2.85. The third kappa shape index (κ3) is 2.94. The molecule has 0 aliphatic heterocycles. The summed E-state index contributed by atoms with van der Waals surface area (Å²) in [6.07, 6.45) is 4.79. The van der Waals surface area contributed by atoms with Gasteiger partial charge in [-0.3, -0.25) is 9.78 Å². The second-order valence-corrected chi connectivity index (χ2v) is 3.91. The number of aromatic nitrogens is 3. The number of carbonyl (C=O) groups is 1. The molecule has 94 valence electrons. The number of nitrogens with zero attached hydrogens (tertiary/aromatic N) is 2. The van der Waals surface area contributed by atoms with E-state index in [-0.39, 0.29) is 5.91 Å². The molecule has 5 heteroatoms. The van der Waals surface area contributed by atoms with Gasteiger partial charge in [-0.2, -0.15) is 0 Å². The fraction of sp³-hybridized carbons (Fsp3) is 0.308. The van der Waals surface area contributed by atoms with E-state index in [4.69, 9.17) is 0 Å². The lowest BCUT2D eigenvalue weighted by Gasteiger charge is -2.04. The number of pyridine rings is 1. The van der Waals surface area contributed by atoms with Crippen LogP contribution in [0.25, 0.3) is 0 Å². The molecule has 0 aromatic carbocycles. The zero-order valence-corrected chi connectivity index (χ0v) is 10.3. The molecule has 0 bridgehead atoms. The highest BCUT2D eigenvalue weighted by molar-refractivity contribution is 5.93. The summed E-state index contributed by atoms with van der Waals surface area (Å²) >= 11 is 0. The van der Waals surface area contributed by atoms with Gasteiger partial charge in [-0.05, 0) is 18.6 Å². The fourth-order valence-electron chi connectivity index (χ4n) is 1.72. The molecule has 0 aliphatic rings. The Balaban J connectivity index is 1.86. The molecule has 0 atom stereocenters. The van der Waals surface area contributed by atoms with Crippen LogP contribution >= 0.6 is 0 Å². The van der Waals surface area contributed by atoms with Crippen LogP contribution in [0.15, 0.2) is 30.7 Å². The first-order valence-electron chi connectivity index (χ1n) is 6.01. The molecule has 2 heterocycles. The lowest BCUT2D eigenvalue weighted by Crippen LogP contribution is -2.27. The largest absolute Gasteiger partial charge is 0.350 e. The van der Waals surface area contributed by atoms with Gasteiger partial charge in [0.2, 0.25) is 0 Å². The molecule has 2 rings (SSSR count). The highest BCUT2D eigenvalue weighted by Crippen LogP contribution is 2.03. The minimum atomic E-state index is -0.135. The van der Waals surface area contributed by atoms with Crippen LogP contribution in [0, 0.1) is 0 Å². The molecule has 5 nitrogen and oxygen atoms in total. The second kappa shape index (κ2) is 5.95. The van der Waals surface area contributed by atoms with Crippen LogP contribution in [0.2, 0.25) is 0 Å². The van der Waals surface area contributed by atoms with E-state index in [1.165, 1.54) is 0 Å². The van der Waals surface area contributed by atoms with E-state index in [2.05, 4.69) is 20.3 Å². The highest BCUT2D eigenvalue weighted by Gasteiger charge is 2.12. The van der Waals surface area contributed by atoms with E-state index in [9.17, 15) is 4.79 Å². The molecule has 0 fully saturated rings. The zero-order valence-electron chi connectivity index (χ0n) is 10.3. The van der Waals surface area contributed by atoms with Gasteiger partial charge in [-0.1, -0.05) is 13.0 Å². The fourth-order valence-corrected chi connectivity index (χ4v) is 1.72. The van der Waals surface area contributed by atoms with Crippen molar-refractivity contribution < 1.29 is 4.79 Å². The van der Waals surface area contributed by atoms with Gasteiger partial charge in [0, 0.05) is 30.6 Å². The number of carbonyl (C=O) groups excluding carboxylic acids is 1. The average molecular weight is 244 g/mol. The number of rotatable bonds is 5. The number of nitrogens with one attached hydrogen (secondary N) is 2. The van der Waals surface area contributed by atoms with Crippen molar-refractivity contribution in [3.05, 3.63) is 47.8 Å². The quantitative estimate of drug-likeness (QED) is 0.833. The number of hydrogen-bond donors (Lipinski definition) is 2. The maximum Gasteiger partial charge on any atom is 0.271 e. The van der Waals surface area contributed by atoms with Crippen LogP contribution in [0.1, 0.15) is 28.8 Å². The Morgan fingerprint density at radius 1 is 1.39 bits per heavy atom. The van der Waals surface area contributed by atoms with Crippen molar-refractivity contribution in [1.29, 1.82) is 0 Å². The molecule has 2 aromatic rings. The van der Waals surface area contributed by atoms with E-state index in [0.717, 1.165) is 24.2 Å². The van der Waals surface area contributed by atoms with Crippen molar-refractivity contribution in [2.45, 2.75) is 19.8 Å². The van der Waals surface area contributed by atoms with Crippen molar-refractivity contribution >= 4 is 5.91 Å². The molecule has 0 spiro atoms. The van der Waals surface area contributed by atoms with Crippen molar-refractivity contribution in [3.63, 3.8) is 0 Å². The van der Waals surface area contributed by atoms with Crippen LogP contribution in [0.5, 0.6) is 0 Å². The summed E-state index contributed by atoms with van der Waals surface area (Å²) in [5.41, 5.74) is 2.32. The van der Waals surface area contributed by atoms with E-state index >= 15 is 0 Å². The number of amides is 1. The Morgan fingerprint density at radius 2 is 2.28 bits per heavy atom. The summed E-state index contributed by atoms with van der Waals surface area (Å²) in [6.45, 7) is 2.55. The predicted octanol–water partition coefficient (Wildman–Crippen LogP) is 1.34. The number of hydrogen-bond acceptors (Lipinski definition) is 3. The maximum atomic E-state index is 11.9. The summed E-state index contributed by atoms with van der Waals surface area (Å²) in [7, 11) is 0. The van der Waals surface area contributed by atoms with Crippen LogP contribution in [-0.4, -0.2) is 27.4 Å². The normalized spacial score (nSPS) is 10.3. The van der Waals surface area contributed by atoms with Crippen LogP contribution in [-0.2, 0) is 12.8 Å². The third-order valence-electron chi connectivity index (χ3n) is 2.68. The van der Waals surface area contributed by atoms with E-state index in [1.807, 2.05) is 25.1 Å². The minimum Gasteiger partial charge on any atom is -0.350 e. The maximum absolute atomic E-state index is 11.9. The minimum absolute atomic E-state index is 0.135. The second-order valence-electron chi connectivity index (χ2n) is 3.91. The highest BCUT2D eigenvalue weighted by atomic mass is 16.1. The molecule has 0 unspecified atom stereocenters. The van der Waals surface area contributed by atoms with E-state index in [1.54, 1.807) is 12.5 Å².